The van der Waals surface area contributed by atoms with E-state index in [2.05, 4.69) is 0 Å². The molecule has 0 saturated heterocycles. The molecule has 1 aromatic carbocycles. The number of amides is 1. The molecule has 0 fully saturated rings. The van der Waals surface area contributed by atoms with E-state index in [-0.39, 0.29) is 27.4 Å². The van der Waals surface area contributed by atoms with Crippen molar-refractivity contribution in [2.45, 2.75) is 24.3 Å². The number of carbonyl (C=O) groups excluding carboxylic acids is 1. The fourth-order valence-electron chi connectivity index (χ4n) is 2.81. The first-order valence-electron chi connectivity index (χ1n) is 6.98. The number of hydrogen-bond donors (Lipinski definition) is 1. The molecule has 2 N–H and O–H groups in total. The lowest BCUT2D eigenvalue weighted by atomic mass is 10.0. The number of fused-ring (bicyclic) bond motifs is 1. The average Bonchev–Trinajstić information content (AvgIpc) is 2.95. The van der Waals surface area contributed by atoms with Gasteiger partial charge in [0.1, 0.15) is 4.90 Å². The Hall–Kier alpha value is -1.41. The largest absolute Gasteiger partial charge is 0.331 e. The van der Waals surface area contributed by atoms with E-state index in [9.17, 15) is 13.2 Å². The smallest absolute Gasteiger partial charge is 0.254 e. The van der Waals surface area contributed by atoms with E-state index in [1.54, 1.807) is 16.2 Å². The molecule has 122 valence electrons. The summed E-state index contributed by atoms with van der Waals surface area (Å²) in [5.74, 6) is -0.226. The standard InChI is InChI=1S/C15H15ClN2O3S2/c1-9-11-5-7-22-13(11)4-6-18(9)15(19)10-2-3-12(16)14(8-10)23(17,20)21/h2-3,5,7-9H,4,6H2,1H3,(H2,17,20,21)/t9-/m1/s1. The number of nitrogens with two attached hydrogens (primary N) is 1. The second kappa shape index (κ2) is 5.90. The molecule has 1 amide bonds. The van der Waals surface area contributed by atoms with E-state index in [0.29, 0.717) is 6.54 Å². The Morgan fingerprint density at radius 2 is 2.13 bits per heavy atom. The Labute approximate surface area is 143 Å². The molecule has 23 heavy (non-hydrogen) atoms. The third-order valence-electron chi connectivity index (χ3n) is 4.02. The number of benzene rings is 1. The molecule has 1 aliphatic heterocycles. The van der Waals surface area contributed by atoms with Gasteiger partial charge in [0, 0.05) is 17.0 Å². The molecule has 1 aliphatic rings. The molecule has 2 aromatic rings. The van der Waals surface area contributed by atoms with Crippen LogP contribution in [-0.2, 0) is 16.4 Å². The van der Waals surface area contributed by atoms with Crippen molar-refractivity contribution in [3.8, 4) is 0 Å². The Morgan fingerprint density at radius 1 is 1.39 bits per heavy atom. The summed E-state index contributed by atoms with van der Waals surface area (Å²) in [6.45, 7) is 2.57. The predicted molar refractivity (Wildman–Crippen MR) is 90.3 cm³/mol. The van der Waals surface area contributed by atoms with Gasteiger partial charge in [-0.1, -0.05) is 11.6 Å². The fourth-order valence-corrected chi connectivity index (χ4v) is 4.84. The normalized spacial score (nSPS) is 17.9. The van der Waals surface area contributed by atoms with Crippen LogP contribution in [0.15, 0.2) is 34.5 Å². The van der Waals surface area contributed by atoms with Gasteiger partial charge in [-0.05, 0) is 48.6 Å². The minimum atomic E-state index is -3.97. The fraction of sp³-hybridized carbons (Fsp3) is 0.267. The maximum atomic E-state index is 12.8. The van der Waals surface area contributed by atoms with Crippen LogP contribution in [0.1, 0.15) is 33.8 Å². The summed E-state index contributed by atoms with van der Waals surface area (Å²) in [7, 11) is -3.97. The summed E-state index contributed by atoms with van der Waals surface area (Å²) >= 11 is 7.56. The first kappa shape index (κ1) is 16.4. The molecule has 0 unspecified atom stereocenters. The monoisotopic (exact) mass is 370 g/mol. The van der Waals surface area contributed by atoms with Gasteiger partial charge in [0.25, 0.3) is 5.91 Å². The van der Waals surface area contributed by atoms with Gasteiger partial charge in [0.05, 0.1) is 11.1 Å². The lowest BCUT2D eigenvalue weighted by Gasteiger charge is -2.33. The SMILES string of the molecule is C[C@@H]1c2ccsc2CCN1C(=O)c1ccc(Cl)c(S(N)(=O)=O)c1. The highest BCUT2D eigenvalue weighted by Gasteiger charge is 2.29. The maximum Gasteiger partial charge on any atom is 0.254 e. The van der Waals surface area contributed by atoms with Gasteiger partial charge in [-0.2, -0.15) is 0 Å². The highest BCUT2D eigenvalue weighted by Crippen LogP contribution is 2.34. The third kappa shape index (κ3) is 3.01. The van der Waals surface area contributed by atoms with Gasteiger partial charge in [-0.15, -0.1) is 11.3 Å². The van der Waals surface area contributed by atoms with Gasteiger partial charge in [0.15, 0.2) is 0 Å². The Balaban J connectivity index is 1.96. The van der Waals surface area contributed by atoms with Gasteiger partial charge in [-0.25, -0.2) is 13.6 Å². The number of primary sulfonamides is 1. The highest BCUT2D eigenvalue weighted by molar-refractivity contribution is 7.89. The van der Waals surface area contributed by atoms with Crippen molar-refractivity contribution in [2.24, 2.45) is 5.14 Å². The average molecular weight is 371 g/mol. The zero-order valence-corrected chi connectivity index (χ0v) is 14.7. The van der Waals surface area contributed by atoms with Crippen LogP contribution in [0, 0.1) is 0 Å². The quantitative estimate of drug-likeness (QED) is 0.882. The molecule has 5 nitrogen and oxygen atoms in total. The molecular formula is C15H15ClN2O3S2. The molecule has 0 spiro atoms. The summed E-state index contributed by atoms with van der Waals surface area (Å²) < 4.78 is 23.1. The summed E-state index contributed by atoms with van der Waals surface area (Å²) in [6, 6.07) is 6.14. The molecule has 8 heteroatoms. The molecule has 1 aromatic heterocycles. The van der Waals surface area contributed by atoms with Crippen molar-refractivity contribution in [1.29, 1.82) is 0 Å². The van der Waals surface area contributed by atoms with Crippen LogP contribution in [-0.4, -0.2) is 25.8 Å². The maximum absolute atomic E-state index is 12.8. The Kier molecular flexibility index (Phi) is 4.22. The van der Waals surface area contributed by atoms with Crippen molar-refractivity contribution in [2.75, 3.05) is 6.54 Å². The number of halogens is 1. The Bertz CT molecular complexity index is 877. The molecular weight excluding hydrogens is 356 g/mol. The summed E-state index contributed by atoms with van der Waals surface area (Å²) in [5, 5.41) is 7.18. The molecule has 0 aliphatic carbocycles. The second-order valence-electron chi connectivity index (χ2n) is 5.41. The van der Waals surface area contributed by atoms with Crippen LogP contribution < -0.4 is 5.14 Å². The third-order valence-corrected chi connectivity index (χ3v) is 6.41. The van der Waals surface area contributed by atoms with Gasteiger partial charge < -0.3 is 4.90 Å². The zero-order valence-electron chi connectivity index (χ0n) is 12.3. The molecule has 1 atom stereocenters. The van der Waals surface area contributed by atoms with Crippen molar-refractivity contribution >= 4 is 38.9 Å². The first-order chi connectivity index (χ1) is 10.8. The molecule has 2 heterocycles. The summed E-state index contributed by atoms with van der Waals surface area (Å²) in [6.07, 6.45) is 0.804. The minimum absolute atomic E-state index is 0.0101. The van der Waals surface area contributed by atoms with Crippen LogP contribution in [0.4, 0.5) is 0 Å². The van der Waals surface area contributed by atoms with Crippen LogP contribution in [0.5, 0.6) is 0 Å². The lowest BCUT2D eigenvalue weighted by molar-refractivity contribution is 0.0679. The van der Waals surface area contributed by atoms with Crippen LogP contribution >= 0.6 is 22.9 Å². The second-order valence-corrected chi connectivity index (χ2v) is 8.35. The van der Waals surface area contributed by atoms with E-state index < -0.39 is 10.0 Å². The van der Waals surface area contributed by atoms with E-state index in [0.717, 1.165) is 12.0 Å². The van der Waals surface area contributed by atoms with Crippen LogP contribution in [0.3, 0.4) is 0 Å². The van der Waals surface area contributed by atoms with Crippen molar-refractivity contribution in [3.05, 3.63) is 50.7 Å². The van der Waals surface area contributed by atoms with Gasteiger partial charge >= 0.3 is 0 Å². The number of sulfonamides is 1. The molecule has 0 saturated carbocycles. The number of thiophene rings is 1. The molecule has 3 rings (SSSR count). The minimum Gasteiger partial charge on any atom is -0.331 e. The van der Waals surface area contributed by atoms with Crippen molar-refractivity contribution in [3.63, 3.8) is 0 Å². The van der Waals surface area contributed by atoms with Gasteiger partial charge in [0.2, 0.25) is 10.0 Å². The predicted octanol–water partition coefficient (Wildman–Crippen LogP) is 2.81. The number of carbonyl (C=O) groups is 1. The Morgan fingerprint density at radius 3 is 2.83 bits per heavy atom. The number of rotatable bonds is 2. The first-order valence-corrected chi connectivity index (χ1v) is 9.79. The lowest BCUT2D eigenvalue weighted by Crippen LogP contribution is -2.38. The van der Waals surface area contributed by atoms with E-state index in [1.807, 2.05) is 18.4 Å². The van der Waals surface area contributed by atoms with E-state index in [4.69, 9.17) is 16.7 Å². The molecule has 0 radical (unpaired) electrons. The molecule has 0 bridgehead atoms. The zero-order chi connectivity index (χ0) is 16.8. The van der Waals surface area contributed by atoms with E-state index >= 15 is 0 Å². The van der Waals surface area contributed by atoms with Crippen molar-refractivity contribution < 1.29 is 13.2 Å². The van der Waals surface area contributed by atoms with E-state index in [1.165, 1.54) is 23.1 Å². The van der Waals surface area contributed by atoms with Crippen LogP contribution in [0.25, 0.3) is 0 Å². The summed E-state index contributed by atoms with van der Waals surface area (Å²) in [4.78, 5) is 15.6. The summed E-state index contributed by atoms with van der Waals surface area (Å²) in [5.41, 5.74) is 1.42. The topological polar surface area (TPSA) is 80.5 Å². The number of hydrogen-bond acceptors (Lipinski definition) is 4. The van der Waals surface area contributed by atoms with Crippen molar-refractivity contribution in [1.82, 2.24) is 4.90 Å². The van der Waals surface area contributed by atoms with Crippen LogP contribution in [0.2, 0.25) is 5.02 Å². The highest BCUT2D eigenvalue weighted by atomic mass is 35.5. The van der Waals surface area contributed by atoms with Gasteiger partial charge in [-0.3, -0.25) is 4.79 Å². The number of nitrogens with zero attached hydrogens (tertiary/aromatic N) is 1.